The molecule has 7 heteroatoms. The van der Waals surface area contributed by atoms with Crippen LogP contribution in [0.1, 0.15) is 24.1 Å². The molecule has 1 saturated heterocycles. The van der Waals surface area contributed by atoms with Gasteiger partial charge in [0.05, 0.1) is 6.20 Å². The molecule has 7 nitrogen and oxygen atoms in total. The summed E-state index contributed by atoms with van der Waals surface area (Å²) in [5.41, 5.74) is 2.90. The van der Waals surface area contributed by atoms with Crippen molar-refractivity contribution in [2.24, 2.45) is 0 Å². The van der Waals surface area contributed by atoms with Crippen LogP contribution in [0.25, 0.3) is 5.65 Å². The van der Waals surface area contributed by atoms with Crippen molar-refractivity contribution in [3.8, 4) is 5.75 Å². The van der Waals surface area contributed by atoms with Crippen LogP contribution in [0.15, 0.2) is 30.7 Å². The number of aryl methyl sites for hydroxylation is 2. The SMILES string of the molecule is Cc1ccc(OC2CCN(c3nn4cnnc4cc3C)CC2)cn1. The standard InChI is InChI=1S/C17H20N6O/c1-12-9-16-20-19-11-23(16)21-17(12)22-7-5-14(6-8-22)24-15-4-3-13(2)18-10-15/h3-4,9-11,14H,5-8H2,1-2H3. The van der Waals surface area contributed by atoms with Crippen LogP contribution in [0.2, 0.25) is 0 Å². The van der Waals surface area contributed by atoms with Crippen LogP contribution in [0, 0.1) is 13.8 Å². The predicted molar refractivity (Wildman–Crippen MR) is 90.4 cm³/mol. The van der Waals surface area contributed by atoms with E-state index < -0.39 is 0 Å². The summed E-state index contributed by atoms with van der Waals surface area (Å²) in [4.78, 5) is 6.59. The fraction of sp³-hybridized carbons (Fsp3) is 0.412. The number of fused-ring (bicyclic) bond motifs is 1. The van der Waals surface area contributed by atoms with Crippen molar-refractivity contribution in [1.29, 1.82) is 0 Å². The molecule has 1 fully saturated rings. The molecule has 0 spiro atoms. The van der Waals surface area contributed by atoms with Gasteiger partial charge in [-0.15, -0.1) is 15.3 Å². The normalized spacial score (nSPS) is 15.8. The van der Waals surface area contributed by atoms with E-state index in [1.54, 1.807) is 17.0 Å². The summed E-state index contributed by atoms with van der Waals surface area (Å²) in [5.74, 6) is 1.84. The number of pyridine rings is 1. The molecule has 0 aromatic carbocycles. The Labute approximate surface area is 140 Å². The van der Waals surface area contributed by atoms with E-state index in [4.69, 9.17) is 4.74 Å². The van der Waals surface area contributed by atoms with E-state index in [-0.39, 0.29) is 6.10 Å². The molecule has 1 aliphatic heterocycles. The minimum atomic E-state index is 0.227. The van der Waals surface area contributed by atoms with E-state index in [1.807, 2.05) is 25.1 Å². The fourth-order valence-electron chi connectivity index (χ4n) is 3.06. The monoisotopic (exact) mass is 324 g/mol. The van der Waals surface area contributed by atoms with Crippen molar-refractivity contribution in [3.05, 3.63) is 42.0 Å². The third-order valence-electron chi connectivity index (χ3n) is 4.39. The highest BCUT2D eigenvalue weighted by molar-refractivity contribution is 5.52. The Morgan fingerprint density at radius 1 is 1.17 bits per heavy atom. The first-order chi connectivity index (χ1) is 11.7. The van der Waals surface area contributed by atoms with Crippen LogP contribution in [0.3, 0.4) is 0 Å². The molecule has 24 heavy (non-hydrogen) atoms. The Kier molecular flexibility index (Phi) is 3.76. The molecule has 4 heterocycles. The molecule has 0 radical (unpaired) electrons. The van der Waals surface area contributed by atoms with E-state index in [0.717, 1.165) is 54.4 Å². The van der Waals surface area contributed by atoms with Gasteiger partial charge in [-0.2, -0.15) is 4.52 Å². The second-order valence-corrected chi connectivity index (χ2v) is 6.22. The van der Waals surface area contributed by atoms with Gasteiger partial charge in [0, 0.05) is 31.6 Å². The van der Waals surface area contributed by atoms with Gasteiger partial charge in [0.2, 0.25) is 0 Å². The van der Waals surface area contributed by atoms with E-state index in [0.29, 0.717) is 0 Å². The van der Waals surface area contributed by atoms with Crippen molar-refractivity contribution in [2.75, 3.05) is 18.0 Å². The fourth-order valence-corrected chi connectivity index (χ4v) is 3.06. The predicted octanol–water partition coefficient (Wildman–Crippen LogP) is 2.18. The minimum Gasteiger partial charge on any atom is -0.489 e. The Bertz CT molecular complexity index is 836. The van der Waals surface area contributed by atoms with E-state index >= 15 is 0 Å². The van der Waals surface area contributed by atoms with Gasteiger partial charge < -0.3 is 9.64 Å². The van der Waals surface area contributed by atoms with E-state index in [2.05, 4.69) is 32.1 Å². The molecule has 124 valence electrons. The Morgan fingerprint density at radius 3 is 2.75 bits per heavy atom. The maximum atomic E-state index is 6.05. The molecule has 0 unspecified atom stereocenters. The zero-order valence-corrected chi connectivity index (χ0v) is 13.9. The summed E-state index contributed by atoms with van der Waals surface area (Å²) < 4.78 is 7.77. The van der Waals surface area contributed by atoms with Crippen molar-refractivity contribution in [1.82, 2.24) is 24.8 Å². The topological polar surface area (TPSA) is 68.4 Å². The Balaban J connectivity index is 1.43. The lowest BCUT2D eigenvalue weighted by Crippen LogP contribution is -2.39. The smallest absolute Gasteiger partial charge is 0.177 e. The average Bonchev–Trinajstić information content (AvgIpc) is 3.04. The average molecular weight is 324 g/mol. The van der Waals surface area contributed by atoms with Crippen LogP contribution >= 0.6 is 0 Å². The van der Waals surface area contributed by atoms with Gasteiger partial charge in [-0.25, -0.2) is 0 Å². The van der Waals surface area contributed by atoms with Gasteiger partial charge in [-0.3, -0.25) is 4.98 Å². The van der Waals surface area contributed by atoms with Crippen molar-refractivity contribution >= 4 is 11.5 Å². The third-order valence-corrected chi connectivity index (χ3v) is 4.39. The molecule has 4 rings (SSSR count). The number of piperidine rings is 1. The Morgan fingerprint density at radius 2 is 2.00 bits per heavy atom. The first-order valence-electron chi connectivity index (χ1n) is 8.21. The highest BCUT2D eigenvalue weighted by Crippen LogP contribution is 2.24. The number of nitrogens with zero attached hydrogens (tertiary/aromatic N) is 6. The van der Waals surface area contributed by atoms with Gasteiger partial charge in [-0.1, -0.05) is 0 Å². The quantitative estimate of drug-likeness (QED) is 0.735. The highest BCUT2D eigenvalue weighted by atomic mass is 16.5. The summed E-state index contributed by atoms with van der Waals surface area (Å²) in [6.45, 7) is 5.89. The molecule has 0 amide bonds. The number of ether oxygens (including phenoxy) is 1. The third kappa shape index (κ3) is 2.89. The van der Waals surface area contributed by atoms with Crippen molar-refractivity contribution < 1.29 is 4.74 Å². The van der Waals surface area contributed by atoms with Crippen LogP contribution in [-0.4, -0.2) is 44.0 Å². The lowest BCUT2D eigenvalue weighted by atomic mass is 10.1. The van der Waals surface area contributed by atoms with Crippen LogP contribution in [0.4, 0.5) is 5.82 Å². The number of hydrogen-bond acceptors (Lipinski definition) is 6. The van der Waals surface area contributed by atoms with Gasteiger partial charge in [0.1, 0.15) is 18.2 Å². The molecule has 0 bridgehead atoms. The second-order valence-electron chi connectivity index (χ2n) is 6.22. The van der Waals surface area contributed by atoms with Crippen LogP contribution < -0.4 is 9.64 Å². The zero-order chi connectivity index (χ0) is 16.5. The first kappa shape index (κ1) is 14.9. The summed E-state index contributed by atoms with van der Waals surface area (Å²) in [6, 6.07) is 5.99. The lowest BCUT2D eigenvalue weighted by Gasteiger charge is -2.33. The highest BCUT2D eigenvalue weighted by Gasteiger charge is 2.23. The first-order valence-corrected chi connectivity index (χ1v) is 8.21. The maximum absolute atomic E-state index is 6.05. The summed E-state index contributed by atoms with van der Waals surface area (Å²) in [6.07, 6.45) is 5.60. The van der Waals surface area contributed by atoms with E-state index in [9.17, 15) is 0 Å². The largest absolute Gasteiger partial charge is 0.489 e. The number of hydrogen-bond donors (Lipinski definition) is 0. The second kappa shape index (κ2) is 6.07. The molecular formula is C17H20N6O. The number of anilines is 1. The van der Waals surface area contributed by atoms with Crippen LogP contribution in [-0.2, 0) is 0 Å². The number of rotatable bonds is 3. The zero-order valence-electron chi connectivity index (χ0n) is 13.9. The number of aromatic nitrogens is 5. The molecule has 0 saturated carbocycles. The molecule has 3 aromatic heterocycles. The lowest BCUT2D eigenvalue weighted by molar-refractivity contribution is 0.170. The van der Waals surface area contributed by atoms with Crippen molar-refractivity contribution in [2.45, 2.75) is 32.8 Å². The summed E-state index contributed by atoms with van der Waals surface area (Å²) >= 11 is 0. The summed E-state index contributed by atoms with van der Waals surface area (Å²) in [7, 11) is 0. The van der Waals surface area contributed by atoms with Gasteiger partial charge >= 0.3 is 0 Å². The molecule has 0 aliphatic carbocycles. The van der Waals surface area contributed by atoms with Gasteiger partial charge in [-0.05, 0) is 37.6 Å². The van der Waals surface area contributed by atoms with Crippen molar-refractivity contribution in [3.63, 3.8) is 0 Å². The molecule has 0 atom stereocenters. The van der Waals surface area contributed by atoms with Gasteiger partial charge in [0.15, 0.2) is 11.5 Å². The maximum Gasteiger partial charge on any atom is 0.177 e. The molecule has 0 N–H and O–H groups in total. The minimum absolute atomic E-state index is 0.227. The molecular weight excluding hydrogens is 304 g/mol. The molecule has 1 aliphatic rings. The summed E-state index contributed by atoms with van der Waals surface area (Å²) in [5, 5.41) is 12.6. The van der Waals surface area contributed by atoms with E-state index in [1.165, 1.54) is 0 Å². The van der Waals surface area contributed by atoms with Gasteiger partial charge in [0.25, 0.3) is 0 Å². The molecule has 3 aromatic rings. The van der Waals surface area contributed by atoms with Crippen LogP contribution in [0.5, 0.6) is 5.75 Å². The Hall–Kier alpha value is -2.70.